The third-order valence-electron chi connectivity index (χ3n) is 2.64. The van der Waals surface area contributed by atoms with Crippen molar-refractivity contribution in [3.63, 3.8) is 0 Å². The van der Waals surface area contributed by atoms with Crippen LogP contribution >= 0.6 is 0 Å². The van der Waals surface area contributed by atoms with Crippen LogP contribution in [0.1, 0.15) is 47.5 Å². The van der Waals surface area contributed by atoms with E-state index in [0.29, 0.717) is 11.5 Å². The second kappa shape index (κ2) is 8.19. The summed E-state index contributed by atoms with van der Waals surface area (Å²) < 4.78 is 5.15. The van der Waals surface area contributed by atoms with Gasteiger partial charge in [0, 0.05) is 7.05 Å². The molecule has 0 aromatic heterocycles. The topological polar surface area (TPSA) is 99.1 Å². The molecule has 0 saturated carbocycles. The molecule has 124 valence electrons. The van der Waals surface area contributed by atoms with Crippen molar-refractivity contribution < 1.29 is 24.6 Å². The lowest BCUT2D eigenvalue weighted by Crippen LogP contribution is -2.47. The summed E-state index contributed by atoms with van der Waals surface area (Å²) in [6.45, 7) is 9.10. The van der Waals surface area contributed by atoms with E-state index in [1.54, 1.807) is 20.8 Å². The first-order valence-electron chi connectivity index (χ1n) is 7.05. The van der Waals surface area contributed by atoms with Gasteiger partial charge in [0.15, 0.2) is 0 Å². The molecule has 2 amide bonds. The summed E-state index contributed by atoms with van der Waals surface area (Å²) in [5.41, 5.74) is -0.640. The molecule has 7 nitrogen and oxygen atoms in total. The standard InChI is InChI=1S/C14H28N2O5/c1-9(2)7-10(11(17)8-12(18)16(6)20)15-13(19)21-14(3,4)5/h9-11,17,20H,7-8H2,1-6H3,(H,15,19)/t10-,11+/m0/s1. The highest BCUT2D eigenvalue weighted by Crippen LogP contribution is 2.13. The number of carbonyl (C=O) groups excluding carboxylic acids is 2. The van der Waals surface area contributed by atoms with E-state index in [0.717, 1.165) is 0 Å². The molecule has 0 rings (SSSR count). The second-order valence-corrected chi connectivity index (χ2v) is 6.57. The third kappa shape index (κ3) is 9.25. The van der Waals surface area contributed by atoms with Crippen molar-refractivity contribution in [3.05, 3.63) is 0 Å². The van der Waals surface area contributed by atoms with E-state index in [1.807, 2.05) is 13.8 Å². The van der Waals surface area contributed by atoms with Gasteiger partial charge in [-0.2, -0.15) is 0 Å². The number of hydroxylamine groups is 2. The van der Waals surface area contributed by atoms with Gasteiger partial charge in [0.25, 0.3) is 0 Å². The fourth-order valence-electron chi connectivity index (χ4n) is 1.73. The van der Waals surface area contributed by atoms with Gasteiger partial charge in [-0.1, -0.05) is 13.8 Å². The van der Waals surface area contributed by atoms with Gasteiger partial charge < -0.3 is 15.2 Å². The van der Waals surface area contributed by atoms with E-state index in [2.05, 4.69) is 5.32 Å². The molecule has 0 spiro atoms. The van der Waals surface area contributed by atoms with Crippen LogP contribution < -0.4 is 5.32 Å². The molecular weight excluding hydrogens is 276 g/mol. The SMILES string of the molecule is CC(C)C[C@H](NC(=O)OC(C)(C)C)[C@H](O)CC(=O)N(C)O. The molecule has 7 heteroatoms. The van der Waals surface area contributed by atoms with Gasteiger partial charge in [-0.15, -0.1) is 0 Å². The maximum Gasteiger partial charge on any atom is 0.407 e. The zero-order chi connectivity index (χ0) is 16.8. The van der Waals surface area contributed by atoms with Crippen LogP contribution in [0.2, 0.25) is 0 Å². The maximum atomic E-state index is 11.8. The monoisotopic (exact) mass is 304 g/mol. The first kappa shape index (κ1) is 19.7. The van der Waals surface area contributed by atoms with Gasteiger partial charge in [0.05, 0.1) is 18.6 Å². The Bertz CT molecular complexity index is 350. The highest BCUT2D eigenvalue weighted by molar-refractivity contribution is 5.75. The Morgan fingerprint density at radius 1 is 1.29 bits per heavy atom. The number of ether oxygens (including phenoxy) is 1. The number of alkyl carbamates (subject to hydrolysis) is 1. The Morgan fingerprint density at radius 2 is 1.81 bits per heavy atom. The van der Waals surface area contributed by atoms with Crippen LogP contribution in [0.4, 0.5) is 4.79 Å². The minimum absolute atomic E-state index is 0.210. The van der Waals surface area contributed by atoms with Crippen molar-refractivity contribution in [1.82, 2.24) is 10.4 Å². The molecule has 0 saturated heterocycles. The van der Waals surface area contributed by atoms with Gasteiger partial charge in [0.2, 0.25) is 5.91 Å². The number of hydrogen-bond donors (Lipinski definition) is 3. The van der Waals surface area contributed by atoms with Crippen LogP contribution in [0.3, 0.4) is 0 Å². The number of nitrogens with zero attached hydrogens (tertiary/aromatic N) is 1. The van der Waals surface area contributed by atoms with Crippen molar-refractivity contribution in [2.75, 3.05) is 7.05 Å². The summed E-state index contributed by atoms with van der Waals surface area (Å²) in [5.74, 6) is -0.413. The smallest absolute Gasteiger partial charge is 0.407 e. The van der Waals surface area contributed by atoms with Crippen molar-refractivity contribution in [3.8, 4) is 0 Å². The lowest BCUT2D eigenvalue weighted by atomic mass is 9.97. The number of amides is 2. The molecule has 0 radical (unpaired) electrons. The summed E-state index contributed by atoms with van der Waals surface area (Å²) in [6.07, 6.45) is -1.53. The molecule has 0 aromatic rings. The minimum Gasteiger partial charge on any atom is -0.444 e. The fourth-order valence-corrected chi connectivity index (χ4v) is 1.73. The molecule has 0 bridgehead atoms. The lowest BCUT2D eigenvalue weighted by molar-refractivity contribution is -0.161. The summed E-state index contributed by atoms with van der Waals surface area (Å²) in [6, 6.07) is -0.622. The van der Waals surface area contributed by atoms with Crippen LogP contribution in [0, 0.1) is 5.92 Å². The number of aliphatic hydroxyl groups excluding tert-OH is 1. The molecule has 0 aliphatic carbocycles. The third-order valence-corrected chi connectivity index (χ3v) is 2.64. The number of nitrogens with one attached hydrogen (secondary N) is 1. The molecule has 0 aliphatic rings. The first-order valence-corrected chi connectivity index (χ1v) is 7.05. The van der Waals surface area contributed by atoms with Gasteiger partial charge in [-0.05, 0) is 33.1 Å². The molecule has 0 fully saturated rings. The van der Waals surface area contributed by atoms with E-state index in [4.69, 9.17) is 9.94 Å². The normalized spacial score (nSPS) is 14.5. The number of aliphatic hydroxyl groups is 1. The van der Waals surface area contributed by atoms with Crippen molar-refractivity contribution in [2.24, 2.45) is 5.92 Å². The van der Waals surface area contributed by atoms with Crippen LogP contribution in [-0.4, -0.2) is 52.2 Å². The molecular formula is C14H28N2O5. The zero-order valence-corrected chi connectivity index (χ0v) is 13.7. The average molecular weight is 304 g/mol. The Labute approximate surface area is 126 Å². The maximum absolute atomic E-state index is 11.8. The minimum atomic E-state index is -1.10. The van der Waals surface area contributed by atoms with Crippen LogP contribution in [0.25, 0.3) is 0 Å². The summed E-state index contributed by atoms with van der Waals surface area (Å²) in [7, 11) is 1.19. The summed E-state index contributed by atoms with van der Waals surface area (Å²) in [4.78, 5) is 23.2. The van der Waals surface area contributed by atoms with Crippen molar-refractivity contribution in [1.29, 1.82) is 0 Å². The van der Waals surface area contributed by atoms with Crippen molar-refractivity contribution in [2.45, 2.75) is 65.2 Å². The molecule has 2 atom stereocenters. The Balaban J connectivity index is 4.71. The zero-order valence-electron chi connectivity index (χ0n) is 13.7. The molecule has 0 heterocycles. The fraction of sp³-hybridized carbons (Fsp3) is 0.857. The predicted octanol–water partition coefficient (Wildman–Crippen LogP) is 1.52. The van der Waals surface area contributed by atoms with E-state index in [1.165, 1.54) is 7.05 Å². The first-order chi connectivity index (χ1) is 9.42. The molecule has 0 aliphatic heterocycles. The van der Waals surface area contributed by atoms with E-state index in [-0.39, 0.29) is 12.3 Å². The van der Waals surface area contributed by atoms with Crippen molar-refractivity contribution >= 4 is 12.0 Å². The molecule has 0 unspecified atom stereocenters. The van der Waals surface area contributed by atoms with Crippen LogP contribution in [0.5, 0.6) is 0 Å². The van der Waals surface area contributed by atoms with E-state index >= 15 is 0 Å². The molecule has 0 aromatic carbocycles. The number of carbonyl (C=O) groups is 2. The lowest BCUT2D eigenvalue weighted by Gasteiger charge is -2.27. The summed E-state index contributed by atoms with van der Waals surface area (Å²) >= 11 is 0. The van der Waals surface area contributed by atoms with Gasteiger partial charge >= 0.3 is 6.09 Å². The van der Waals surface area contributed by atoms with Gasteiger partial charge in [-0.25, -0.2) is 9.86 Å². The average Bonchev–Trinajstić information content (AvgIpc) is 2.24. The van der Waals surface area contributed by atoms with Crippen LogP contribution in [0.15, 0.2) is 0 Å². The quantitative estimate of drug-likeness (QED) is 0.510. The number of hydrogen-bond acceptors (Lipinski definition) is 5. The van der Waals surface area contributed by atoms with Gasteiger partial charge in [0.1, 0.15) is 5.60 Å². The highest BCUT2D eigenvalue weighted by Gasteiger charge is 2.27. The largest absolute Gasteiger partial charge is 0.444 e. The van der Waals surface area contributed by atoms with Gasteiger partial charge in [-0.3, -0.25) is 10.0 Å². The van der Waals surface area contributed by atoms with Crippen LogP contribution in [-0.2, 0) is 9.53 Å². The second-order valence-electron chi connectivity index (χ2n) is 6.57. The van der Waals surface area contributed by atoms with E-state index in [9.17, 15) is 14.7 Å². The number of rotatable bonds is 6. The van der Waals surface area contributed by atoms with E-state index < -0.39 is 29.7 Å². The highest BCUT2D eigenvalue weighted by atomic mass is 16.6. The Morgan fingerprint density at radius 3 is 2.19 bits per heavy atom. The predicted molar refractivity (Wildman–Crippen MR) is 77.8 cm³/mol. The Hall–Kier alpha value is -1.34. The molecule has 3 N–H and O–H groups in total. The summed E-state index contributed by atoms with van der Waals surface area (Å²) in [5, 5.41) is 22.1. The Kier molecular flexibility index (Phi) is 7.67. The molecule has 21 heavy (non-hydrogen) atoms.